The largest absolute Gasteiger partial charge is 0.502 e. The molecule has 0 atom stereocenters. The summed E-state index contributed by atoms with van der Waals surface area (Å²) in [6.45, 7) is 3.71. The van der Waals surface area contributed by atoms with Crippen molar-refractivity contribution >= 4 is 28.7 Å². The Morgan fingerprint density at radius 1 is 1.10 bits per heavy atom. The molecule has 1 heterocycles. The van der Waals surface area contributed by atoms with Crippen molar-refractivity contribution in [2.75, 3.05) is 0 Å². The number of aliphatic imine (C=N–C) groups is 1. The van der Waals surface area contributed by atoms with E-state index < -0.39 is 10.7 Å². The van der Waals surface area contributed by atoms with Crippen molar-refractivity contribution in [2.24, 2.45) is 4.99 Å². The van der Waals surface area contributed by atoms with E-state index in [0.29, 0.717) is 22.7 Å². The molecule has 4 rings (SSSR count). The first kappa shape index (κ1) is 18.4. The molecule has 7 nitrogen and oxygen atoms in total. The van der Waals surface area contributed by atoms with Gasteiger partial charge in [0.1, 0.15) is 5.52 Å². The number of benzene rings is 3. The number of aromatic nitrogens is 1. The molecule has 0 saturated carbocycles. The van der Waals surface area contributed by atoms with Gasteiger partial charge in [-0.25, -0.2) is 4.98 Å². The van der Waals surface area contributed by atoms with E-state index >= 15 is 0 Å². The Morgan fingerprint density at radius 3 is 2.72 bits per heavy atom. The number of aromatic hydroxyl groups is 1. The Morgan fingerprint density at radius 2 is 1.93 bits per heavy atom. The van der Waals surface area contributed by atoms with Crippen molar-refractivity contribution in [1.82, 2.24) is 4.98 Å². The second-order valence-corrected chi connectivity index (χ2v) is 6.78. The van der Waals surface area contributed by atoms with Crippen LogP contribution in [0.15, 0.2) is 64.0 Å². The zero-order chi connectivity index (χ0) is 20.5. The monoisotopic (exact) mass is 387 g/mol. The molecule has 0 amide bonds. The van der Waals surface area contributed by atoms with Crippen LogP contribution in [0.3, 0.4) is 0 Å². The van der Waals surface area contributed by atoms with Gasteiger partial charge in [0.25, 0.3) is 0 Å². The lowest BCUT2D eigenvalue weighted by molar-refractivity contribution is -0.385. The predicted molar refractivity (Wildman–Crippen MR) is 111 cm³/mol. The van der Waals surface area contributed by atoms with Gasteiger partial charge in [-0.2, -0.15) is 0 Å². The molecule has 0 bridgehead atoms. The molecule has 0 radical (unpaired) electrons. The molecule has 1 N–H and O–H groups in total. The molecule has 0 aliphatic carbocycles. The Hall–Kier alpha value is -4.00. The van der Waals surface area contributed by atoms with Gasteiger partial charge < -0.3 is 9.52 Å². The molecule has 3 aromatic carbocycles. The average molecular weight is 387 g/mol. The Kier molecular flexibility index (Phi) is 4.56. The van der Waals surface area contributed by atoms with Crippen LogP contribution in [0.2, 0.25) is 0 Å². The number of phenolic OH excluding ortho intramolecular Hbond substituents is 1. The molecular weight excluding hydrogens is 370 g/mol. The zero-order valence-corrected chi connectivity index (χ0v) is 15.8. The summed E-state index contributed by atoms with van der Waals surface area (Å²) < 4.78 is 5.85. The topological polar surface area (TPSA) is 102 Å². The maximum absolute atomic E-state index is 11.1. The fraction of sp³-hybridized carbons (Fsp3) is 0.0909. The van der Waals surface area contributed by atoms with Gasteiger partial charge in [0.05, 0.1) is 10.6 Å². The van der Waals surface area contributed by atoms with Gasteiger partial charge in [0.15, 0.2) is 5.58 Å². The highest BCUT2D eigenvalue weighted by Gasteiger charge is 2.17. The quantitative estimate of drug-likeness (QED) is 0.284. The molecule has 1 aromatic heterocycles. The van der Waals surface area contributed by atoms with E-state index in [1.54, 1.807) is 25.1 Å². The van der Waals surface area contributed by atoms with Gasteiger partial charge in [-0.1, -0.05) is 12.1 Å². The maximum atomic E-state index is 11.1. The van der Waals surface area contributed by atoms with E-state index in [4.69, 9.17) is 4.42 Å². The highest BCUT2D eigenvalue weighted by atomic mass is 16.6. The molecule has 4 aromatic rings. The Bertz CT molecular complexity index is 1270. The Balaban J connectivity index is 1.68. The van der Waals surface area contributed by atoms with Crippen LogP contribution in [-0.4, -0.2) is 21.2 Å². The summed E-state index contributed by atoms with van der Waals surface area (Å²) in [5.74, 6) is 0.0755. The van der Waals surface area contributed by atoms with Gasteiger partial charge in [0, 0.05) is 23.4 Å². The fourth-order valence-electron chi connectivity index (χ4n) is 3.04. The number of nitrogens with zero attached hydrogens (tertiary/aromatic N) is 3. The number of oxazole rings is 1. The van der Waals surface area contributed by atoms with Gasteiger partial charge >= 0.3 is 5.69 Å². The second-order valence-electron chi connectivity index (χ2n) is 6.78. The summed E-state index contributed by atoms with van der Waals surface area (Å²) >= 11 is 0. The third-order valence-electron chi connectivity index (χ3n) is 4.45. The van der Waals surface area contributed by atoms with E-state index in [9.17, 15) is 15.2 Å². The molecule has 29 heavy (non-hydrogen) atoms. The summed E-state index contributed by atoms with van der Waals surface area (Å²) in [5.41, 5.74) is 4.53. The standard InChI is InChI=1S/C22H17N3O4/c1-13-6-7-18-20(10-13)29-22(24-18)15-4-3-5-17(11-15)23-12-16-8-14(2)9-19(21(16)26)25(27)28/h3-12,26H,1-2H3. The smallest absolute Gasteiger partial charge is 0.311 e. The first-order chi connectivity index (χ1) is 13.9. The van der Waals surface area contributed by atoms with Crippen molar-refractivity contribution in [3.8, 4) is 17.2 Å². The van der Waals surface area contributed by atoms with E-state index in [1.165, 1.54) is 12.3 Å². The summed E-state index contributed by atoms with van der Waals surface area (Å²) in [7, 11) is 0. The predicted octanol–water partition coefficient (Wildman–Crippen LogP) is 5.48. The zero-order valence-electron chi connectivity index (χ0n) is 15.8. The van der Waals surface area contributed by atoms with E-state index in [1.807, 2.05) is 37.3 Å². The highest BCUT2D eigenvalue weighted by molar-refractivity contribution is 5.88. The second kappa shape index (κ2) is 7.20. The van der Waals surface area contributed by atoms with Crippen LogP contribution in [0.1, 0.15) is 16.7 Å². The third kappa shape index (κ3) is 3.70. The van der Waals surface area contributed by atoms with Crippen molar-refractivity contribution in [2.45, 2.75) is 13.8 Å². The van der Waals surface area contributed by atoms with E-state index in [0.717, 1.165) is 16.6 Å². The number of hydrogen-bond acceptors (Lipinski definition) is 6. The van der Waals surface area contributed by atoms with E-state index in [-0.39, 0.29) is 11.3 Å². The molecule has 0 unspecified atom stereocenters. The van der Waals surface area contributed by atoms with Crippen LogP contribution in [0.25, 0.3) is 22.6 Å². The first-order valence-corrected chi connectivity index (χ1v) is 8.90. The minimum Gasteiger partial charge on any atom is -0.502 e. The maximum Gasteiger partial charge on any atom is 0.311 e. The number of hydrogen-bond donors (Lipinski definition) is 1. The SMILES string of the molecule is Cc1cc(C=Nc2cccc(-c3nc4ccc(C)cc4o3)c2)c(O)c([N+](=O)[O-])c1. The lowest BCUT2D eigenvalue weighted by Gasteiger charge is -2.03. The van der Waals surface area contributed by atoms with Crippen molar-refractivity contribution in [3.63, 3.8) is 0 Å². The van der Waals surface area contributed by atoms with Crippen LogP contribution in [-0.2, 0) is 0 Å². The summed E-state index contributed by atoms with van der Waals surface area (Å²) in [5, 5.41) is 21.2. The van der Waals surface area contributed by atoms with Crippen LogP contribution >= 0.6 is 0 Å². The van der Waals surface area contributed by atoms with Crippen molar-refractivity contribution in [1.29, 1.82) is 0 Å². The third-order valence-corrected chi connectivity index (χ3v) is 4.45. The minimum absolute atomic E-state index is 0.277. The minimum atomic E-state index is -0.616. The molecule has 7 heteroatoms. The summed E-state index contributed by atoms with van der Waals surface area (Å²) in [4.78, 5) is 19.3. The molecule has 0 spiro atoms. The molecule has 0 aliphatic heterocycles. The van der Waals surface area contributed by atoms with Crippen molar-refractivity contribution in [3.05, 3.63) is 81.4 Å². The lowest BCUT2D eigenvalue weighted by Crippen LogP contribution is -1.93. The summed E-state index contributed by atoms with van der Waals surface area (Å²) in [6, 6.07) is 16.0. The fourth-order valence-corrected chi connectivity index (χ4v) is 3.04. The number of fused-ring (bicyclic) bond motifs is 1. The van der Waals surface area contributed by atoms with Crippen LogP contribution in [0.5, 0.6) is 5.75 Å². The molecule has 0 saturated heterocycles. The Labute approximate surface area is 166 Å². The normalized spacial score (nSPS) is 11.4. The first-order valence-electron chi connectivity index (χ1n) is 8.90. The molecule has 0 aliphatic rings. The van der Waals surface area contributed by atoms with Gasteiger partial charge in [-0.05, 0) is 61.4 Å². The number of phenols is 1. The number of aryl methyl sites for hydroxylation is 2. The highest BCUT2D eigenvalue weighted by Crippen LogP contribution is 2.31. The molecule has 144 valence electrons. The number of nitro benzene ring substituents is 1. The summed E-state index contributed by atoms with van der Waals surface area (Å²) in [6.07, 6.45) is 1.41. The van der Waals surface area contributed by atoms with Gasteiger partial charge in [-0.15, -0.1) is 0 Å². The van der Waals surface area contributed by atoms with Gasteiger partial charge in [0.2, 0.25) is 11.6 Å². The van der Waals surface area contributed by atoms with Crippen LogP contribution in [0, 0.1) is 24.0 Å². The molecular formula is C22H17N3O4. The lowest BCUT2D eigenvalue weighted by atomic mass is 10.1. The van der Waals surface area contributed by atoms with Crippen molar-refractivity contribution < 1.29 is 14.4 Å². The van der Waals surface area contributed by atoms with E-state index in [2.05, 4.69) is 9.98 Å². The number of nitro groups is 1. The number of rotatable bonds is 4. The molecule has 0 fully saturated rings. The van der Waals surface area contributed by atoms with Gasteiger partial charge in [-0.3, -0.25) is 15.1 Å². The average Bonchev–Trinajstić information content (AvgIpc) is 3.11. The van der Waals surface area contributed by atoms with Crippen LogP contribution in [0.4, 0.5) is 11.4 Å². The van der Waals surface area contributed by atoms with Crippen LogP contribution < -0.4 is 0 Å².